The minimum Gasteiger partial charge on any atom is -0.496 e. The molecule has 0 heterocycles. The van der Waals surface area contributed by atoms with Crippen LogP contribution in [0.3, 0.4) is 0 Å². The van der Waals surface area contributed by atoms with Crippen molar-refractivity contribution < 1.29 is 4.74 Å². The van der Waals surface area contributed by atoms with Crippen molar-refractivity contribution in [3.63, 3.8) is 0 Å². The van der Waals surface area contributed by atoms with Gasteiger partial charge in [0.25, 0.3) is 0 Å². The molecule has 1 aromatic carbocycles. The van der Waals surface area contributed by atoms with Gasteiger partial charge >= 0.3 is 0 Å². The highest BCUT2D eigenvalue weighted by Gasteiger charge is 2.06. The predicted molar refractivity (Wildman–Crippen MR) is 58.2 cm³/mol. The van der Waals surface area contributed by atoms with Gasteiger partial charge in [-0.15, -0.1) is 0 Å². The first-order chi connectivity index (χ1) is 6.19. The summed E-state index contributed by atoms with van der Waals surface area (Å²) in [5.41, 5.74) is 6.79. The van der Waals surface area contributed by atoms with Crippen LogP contribution in [0.2, 0.25) is 0 Å². The van der Waals surface area contributed by atoms with Crippen LogP contribution >= 0.6 is 15.9 Å². The molecule has 13 heavy (non-hydrogen) atoms. The summed E-state index contributed by atoms with van der Waals surface area (Å²) in [4.78, 5) is 0. The Balaban J connectivity index is 2.99. The van der Waals surface area contributed by atoms with E-state index in [1.54, 1.807) is 7.11 Å². The van der Waals surface area contributed by atoms with Crippen LogP contribution in [0.4, 0.5) is 0 Å². The van der Waals surface area contributed by atoms with Gasteiger partial charge in [0.15, 0.2) is 0 Å². The molecule has 1 rings (SSSR count). The highest BCUT2D eigenvalue weighted by molar-refractivity contribution is 9.10. The summed E-state index contributed by atoms with van der Waals surface area (Å²) in [5, 5.41) is 0. The van der Waals surface area contributed by atoms with E-state index in [0.717, 1.165) is 10.2 Å². The molecule has 0 bridgehead atoms. The topological polar surface area (TPSA) is 35.2 Å². The average molecular weight is 244 g/mol. The van der Waals surface area contributed by atoms with Crippen LogP contribution in [0, 0.1) is 0 Å². The molecule has 3 heteroatoms. The quantitative estimate of drug-likeness (QED) is 0.886. The summed E-state index contributed by atoms with van der Waals surface area (Å²) in [6.45, 7) is 2.76. The smallest absolute Gasteiger partial charge is 0.133 e. The van der Waals surface area contributed by atoms with Crippen molar-refractivity contribution in [3.05, 3.63) is 28.2 Å². The molecule has 0 aliphatic heterocycles. The van der Waals surface area contributed by atoms with Crippen molar-refractivity contribution in [2.75, 3.05) is 13.7 Å². The molecular formula is C10H14BrNO. The number of methoxy groups -OCH3 is 1. The fourth-order valence-corrected chi connectivity index (χ4v) is 1.53. The lowest BCUT2D eigenvalue weighted by Gasteiger charge is -2.11. The maximum absolute atomic E-state index is 5.58. The Kier molecular flexibility index (Phi) is 3.75. The number of hydrogen-bond donors (Lipinski definition) is 1. The molecule has 1 aromatic rings. The third-order valence-electron chi connectivity index (χ3n) is 2.10. The first-order valence-electron chi connectivity index (χ1n) is 4.22. The Morgan fingerprint density at radius 1 is 1.54 bits per heavy atom. The summed E-state index contributed by atoms with van der Waals surface area (Å²) in [6.07, 6.45) is 0. The second-order valence-electron chi connectivity index (χ2n) is 3.03. The number of benzene rings is 1. The van der Waals surface area contributed by atoms with Crippen LogP contribution in [0.5, 0.6) is 5.75 Å². The predicted octanol–water partition coefficient (Wildman–Crippen LogP) is 2.52. The molecule has 72 valence electrons. The molecule has 2 nitrogen and oxygen atoms in total. The number of halogens is 1. The number of hydrogen-bond acceptors (Lipinski definition) is 2. The first-order valence-corrected chi connectivity index (χ1v) is 5.01. The second kappa shape index (κ2) is 4.63. The van der Waals surface area contributed by atoms with Crippen LogP contribution in [0.1, 0.15) is 18.4 Å². The van der Waals surface area contributed by atoms with Gasteiger partial charge in [0.1, 0.15) is 5.75 Å². The summed E-state index contributed by atoms with van der Waals surface area (Å²) < 4.78 is 6.17. The molecule has 1 atom stereocenters. The zero-order chi connectivity index (χ0) is 9.84. The highest BCUT2D eigenvalue weighted by atomic mass is 79.9. The largest absolute Gasteiger partial charge is 0.496 e. The summed E-state index contributed by atoms with van der Waals surface area (Å²) >= 11 is 3.41. The van der Waals surface area contributed by atoms with Gasteiger partial charge in [-0.2, -0.15) is 0 Å². The van der Waals surface area contributed by atoms with Crippen LogP contribution < -0.4 is 10.5 Å². The fourth-order valence-electron chi connectivity index (χ4n) is 1.12. The van der Waals surface area contributed by atoms with Gasteiger partial charge in [-0.25, -0.2) is 0 Å². The lowest BCUT2D eigenvalue weighted by molar-refractivity contribution is 0.411. The lowest BCUT2D eigenvalue weighted by Crippen LogP contribution is -2.08. The van der Waals surface area contributed by atoms with Gasteiger partial charge in [-0.3, -0.25) is 0 Å². The minimum absolute atomic E-state index is 0.377. The van der Waals surface area contributed by atoms with Gasteiger partial charge in [-0.05, 0) is 46.1 Å². The molecule has 0 aliphatic carbocycles. The molecule has 0 amide bonds. The normalized spacial score (nSPS) is 12.6. The number of nitrogens with two attached hydrogens (primary N) is 1. The van der Waals surface area contributed by atoms with Crippen LogP contribution in [0.15, 0.2) is 22.7 Å². The lowest BCUT2D eigenvalue weighted by atomic mass is 10.0. The SMILES string of the molecule is COc1cc(C(C)CN)ccc1Br. The second-order valence-corrected chi connectivity index (χ2v) is 3.89. The zero-order valence-electron chi connectivity index (χ0n) is 7.88. The van der Waals surface area contributed by atoms with E-state index in [4.69, 9.17) is 10.5 Å². The Morgan fingerprint density at radius 2 is 2.23 bits per heavy atom. The zero-order valence-corrected chi connectivity index (χ0v) is 9.47. The number of rotatable bonds is 3. The molecule has 0 fully saturated rings. The Labute approximate surface area is 87.2 Å². The third kappa shape index (κ3) is 2.45. The molecule has 0 aromatic heterocycles. The van der Waals surface area contributed by atoms with Gasteiger partial charge in [-0.1, -0.05) is 13.0 Å². The number of ether oxygens (including phenoxy) is 1. The molecule has 0 saturated heterocycles. The Morgan fingerprint density at radius 3 is 2.77 bits per heavy atom. The Hall–Kier alpha value is -0.540. The molecular weight excluding hydrogens is 230 g/mol. The van der Waals surface area contributed by atoms with Gasteiger partial charge in [0.05, 0.1) is 11.6 Å². The average Bonchev–Trinajstić information content (AvgIpc) is 2.17. The van der Waals surface area contributed by atoms with E-state index in [0.29, 0.717) is 12.5 Å². The van der Waals surface area contributed by atoms with Crippen LogP contribution in [-0.4, -0.2) is 13.7 Å². The standard InChI is InChI=1S/C10H14BrNO/c1-7(6-12)8-3-4-9(11)10(5-8)13-2/h3-5,7H,6,12H2,1-2H3. The van der Waals surface area contributed by atoms with Gasteiger partial charge in [0.2, 0.25) is 0 Å². The van der Waals surface area contributed by atoms with Crippen LogP contribution in [-0.2, 0) is 0 Å². The molecule has 0 aliphatic rings. The molecule has 0 spiro atoms. The maximum atomic E-state index is 5.58. The van der Waals surface area contributed by atoms with Crippen molar-refractivity contribution in [2.45, 2.75) is 12.8 Å². The molecule has 0 radical (unpaired) electrons. The fraction of sp³-hybridized carbons (Fsp3) is 0.400. The van der Waals surface area contributed by atoms with Gasteiger partial charge < -0.3 is 10.5 Å². The third-order valence-corrected chi connectivity index (χ3v) is 2.75. The van der Waals surface area contributed by atoms with E-state index in [1.165, 1.54) is 5.56 Å². The monoisotopic (exact) mass is 243 g/mol. The van der Waals surface area contributed by atoms with Crippen molar-refractivity contribution in [1.82, 2.24) is 0 Å². The van der Waals surface area contributed by atoms with Crippen molar-refractivity contribution in [3.8, 4) is 5.75 Å². The van der Waals surface area contributed by atoms with Gasteiger partial charge in [0, 0.05) is 0 Å². The molecule has 0 saturated carbocycles. The Bertz CT molecular complexity index is 288. The molecule has 1 unspecified atom stereocenters. The van der Waals surface area contributed by atoms with Crippen molar-refractivity contribution >= 4 is 15.9 Å². The van der Waals surface area contributed by atoms with E-state index in [2.05, 4.69) is 28.9 Å². The van der Waals surface area contributed by atoms with E-state index in [-0.39, 0.29) is 0 Å². The summed E-state index contributed by atoms with van der Waals surface area (Å²) in [7, 11) is 1.66. The van der Waals surface area contributed by atoms with E-state index < -0.39 is 0 Å². The molecule has 2 N–H and O–H groups in total. The summed E-state index contributed by atoms with van der Waals surface area (Å²) in [5.74, 6) is 1.24. The maximum Gasteiger partial charge on any atom is 0.133 e. The first kappa shape index (κ1) is 10.5. The van der Waals surface area contributed by atoms with Crippen molar-refractivity contribution in [1.29, 1.82) is 0 Å². The highest BCUT2D eigenvalue weighted by Crippen LogP contribution is 2.28. The van der Waals surface area contributed by atoms with E-state index in [1.807, 2.05) is 12.1 Å². The van der Waals surface area contributed by atoms with Crippen LogP contribution in [0.25, 0.3) is 0 Å². The summed E-state index contributed by atoms with van der Waals surface area (Å²) in [6, 6.07) is 6.06. The van der Waals surface area contributed by atoms with E-state index in [9.17, 15) is 0 Å². The van der Waals surface area contributed by atoms with E-state index >= 15 is 0 Å². The van der Waals surface area contributed by atoms with Crippen molar-refractivity contribution in [2.24, 2.45) is 5.73 Å². The minimum atomic E-state index is 0.377.